The van der Waals surface area contributed by atoms with Gasteiger partial charge in [0.15, 0.2) is 0 Å². The number of carbonyl (C=O) groups excluding carboxylic acids is 6. The van der Waals surface area contributed by atoms with Crippen LogP contribution in [0.4, 0.5) is 9.59 Å². The van der Waals surface area contributed by atoms with E-state index in [2.05, 4.69) is 25.5 Å². The first-order valence-corrected chi connectivity index (χ1v) is 11.5. The van der Waals surface area contributed by atoms with E-state index < -0.39 is 30.7 Å². The largest absolute Gasteiger partial charge is 0.536 e. The number of amides is 5. The number of esters is 1. The summed E-state index contributed by atoms with van der Waals surface area (Å²) in [5.74, 6) is -1.88. The Bertz CT molecular complexity index is 757. The lowest BCUT2D eigenvalue weighted by Gasteiger charge is -2.13. The van der Waals surface area contributed by atoms with E-state index in [1.165, 1.54) is 0 Å². The van der Waals surface area contributed by atoms with Gasteiger partial charge in [0.1, 0.15) is 0 Å². The molecule has 0 aromatic carbocycles. The number of ether oxygens (including phenoxy) is 2. The Labute approximate surface area is 197 Å². The van der Waals surface area contributed by atoms with Gasteiger partial charge in [-0.2, -0.15) is 0 Å². The molecule has 2 fully saturated rings. The highest BCUT2D eigenvalue weighted by molar-refractivity contribution is 6.01. The maximum atomic E-state index is 11.9. The number of unbranched alkanes of at least 4 members (excludes halogenated alkanes) is 3. The minimum Gasteiger partial charge on any atom is -0.428 e. The molecule has 2 aliphatic heterocycles. The fourth-order valence-electron chi connectivity index (χ4n) is 3.48. The Hall–Kier alpha value is -3.38. The second-order valence-corrected chi connectivity index (χ2v) is 8.12. The minimum atomic E-state index is -1.32. The van der Waals surface area contributed by atoms with E-state index in [4.69, 9.17) is 4.74 Å². The number of imide groups is 1. The van der Waals surface area contributed by atoms with Crippen LogP contribution in [0.15, 0.2) is 0 Å². The highest BCUT2D eigenvalue weighted by atomic mass is 16.9. The Kier molecular flexibility index (Phi) is 11.1. The predicted octanol–water partition coefficient (Wildman–Crippen LogP) is 1.01. The average molecular weight is 485 g/mol. The topological polar surface area (TPSA) is 169 Å². The maximum Gasteiger partial charge on any atom is 0.536 e. The molecule has 2 unspecified atom stereocenters. The summed E-state index contributed by atoms with van der Waals surface area (Å²) in [5, 5.41) is 8.81. The number of urea groups is 1. The molecule has 34 heavy (non-hydrogen) atoms. The number of rotatable bonds is 14. The summed E-state index contributed by atoms with van der Waals surface area (Å²) < 4.78 is 9.23. The van der Waals surface area contributed by atoms with E-state index in [0.717, 1.165) is 19.3 Å². The molecule has 13 nitrogen and oxygen atoms in total. The monoisotopic (exact) mass is 484 g/mol. The van der Waals surface area contributed by atoms with Crippen LogP contribution in [0, 0.1) is 0 Å². The van der Waals surface area contributed by atoms with Crippen molar-refractivity contribution in [1.29, 1.82) is 0 Å². The van der Waals surface area contributed by atoms with Gasteiger partial charge in [-0.3, -0.25) is 24.0 Å². The van der Waals surface area contributed by atoms with Gasteiger partial charge in [0.05, 0.1) is 6.04 Å². The van der Waals surface area contributed by atoms with Crippen LogP contribution >= 0.6 is 0 Å². The second kappa shape index (κ2) is 14.0. The van der Waals surface area contributed by atoms with Crippen LogP contribution in [0.3, 0.4) is 0 Å². The number of nitrogens with zero attached hydrogens (tertiary/aromatic N) is 1. The highest BCUT2D eigenvalue weighted by Gasteiger charge is 2.33. The third kappa shape index (κ3) is 9.63. The van der Waals surface area contributed by atoms with Crippen LogP contribution in [0.2, 0.25) is 0 Å². The number of nitrogens with one attached hydrogen (secondary N) is 3. The van der Waals surface area contributed by atoms with Crippen molar-refractivity contribution >= 4 is 35.9 Å². The van der Waals surface area contributed by atoms with Crippen molar-refractivity contribution in [2.45, 2.75) is 83.2 Å². The van der Waals surface area contributed by atoms with Crippen molar-refractivity contribution in [3.05, 3.63) is 0 Å². The standard InChI is InChI=1S/C21H32N4O9/c1-14-15(24-20(30)23-14)7-4-5-8-16(26)22-12-6-2-3-9-19(29)32-13-33-21(31)34-25-17(27)10-11-18(25)28/h14-15H,2-13H2,1H3,(H,22,26)(H2,23,24,30). The third-order valence-corrected chi connectivity index (χ3v) is 5.40. The molecule has 13 heteroatoms. The normalized spacial score (nSPS) is 19.4. The zero-order chi connectivity index (χ0) is 24.9. The van der Waals surface area contributed by atoms with E-state index >= 15 is 0 Å². The molecule has 5 amide bonds. The molecule has 2 heterocycles. The summed E-state index contributed by atoms with van der Waals surface area (Å²) in [7, 11) is 0. The molecule has 0 aliphatic carbocycles. The molecule has 0 aromatic heterocycles. The smallest absolute Gasteiger partial charge is 0.428 e. The van der Waals surface area contributed by atoms with Gasteiger partial charge in [-0.05, 0) is 32.6 Å². The summed E-state index contributed by atoms with van der Waals surface area (Å²) in [6.45, 7) is 1.77. The summed E-state index contributed by atoms with van der Waals surface area (Å²) >= 11 is 0. The molecule has 2 atom stereocenters. The van der Waals surface area contributed by atoms with Crippen molar-refractivity contribution < 1.29 is 43.1 Å². The number of carbonyl (C=O) groups is 6. The molecule has 0 spiro atoms. The Morgan fingerprint density at radius 1 is 0.941 bits per heavy atom. The second-order valence-electron chi connectivity index (χ2n) is 8.12. The third-order valence-electron chi connectivity index (χ3n) is 5.40. The van der Waals surface area contributed by atoms with Crippen molar-refractivity contribution in [3.8, 4) is 0 Å². The molecular weight excluding hydrogens is 452 g/mol. The van der Waals surface area contributed by atoms with E-state index in [9.17, 15) is 28.8 Å². The molecule has 3 N–H and O–H groups in total. The average Bonchev–Trinajstić information content (AvgIpc) is 3.28. The van der Waals surface area contributed by atoms with Crippen molar-refractivity contribution in [1.82, 2.24) is 21.0 Å². The molecule has 2 saturated heterocycles. The lowest BCUT2D eigenvalue weighted by Crippen LogP contribution is -2.32. The maximum absolute atomic E-state index is 11.9. The first-order chi connectivity index (χ1) is 16.3. The van der Waals surface area contributed by atoms with E-state index in [0.29, 0.717) is 37.3 Å². The van der Waals surface area contributed by atoms with Crippen LogP contribution in [0.5, 0.6) is 0 Å². The SMILES string of the molecule is CC1NC(=O)NC1CCCCC(=O)NCCCCCC(=O)OCOC(=O)ON1C(=O)CCC1=O. The number of hydroxylamine groups is 2. The number of hydrogen-bond donors (Lipinski definition) is 3. The van der Waals surface area contributed by atoms with Gasteiger partial charge < -0.3 is 25.4 Å². The zero-order valence-corrected chi connectivity index (χ0v) is 19.3. The molecule has 2 aliphatic rings. The lowest BCUT2D eigenvalue weighted by atomic mass is 10.0. The van der Waals surface area contributed by atoms with Gasteiger partial charge in [0.2, 0.25) is 12.7 Å². The Morgan fingerprint density at radius 3 is 2.32 bits per heavy atom. The van der Waals surface area contributed by atoms with Gasteiger partial charge in [0, 0.05) is 38.3 Å². The van der Waals surface area contributed by atoms with Crippen LogP contribution in [0.25, 0.3) is 0 Å². The van der Waals surface area contributed by atoms with Gasteiger partial charge in [0.25, 0.3) is 11.8 Å². The summed E-state index contributed by atoms with van der Waals surface area (Å²) in [5.41, 5.74) is 0. The molecule has 190 valence electrons. The van der Waals surface area contributed by atoms with Gasteiger partial charge in [-0.15, -0.1) is 0 Å². The summed E-state index contributed by atoms with van der Waals surface area (Å²) in [6, 6.07) is 0.0576. The van der Waals surface area contributed by atoms with Crippen LogP contribution < -0.4 is 16.0 Å². The molecule has 2 rings (SSSR count). The fraction of sp³-hybridized carbons (Fsp3) is 0.714. The van der Waals surface area contributed by atoms with Crippen molar-refractivity contribution in [2.75, 3.05) is 13.3 Å². The fourth-order valence-corrected chi connectivity index (χ4v) is 3.48. The predicted molar refractivity (Wildman–Crippen MR) is 114 cm³/mol. The number of hydrogen-bond acceptors (Lipinski definition) is 9. The summed E-state index contributed by atoms with van der Waals surface area (Å²) in [6.07, 6.45) is 3.51. The highest BCUT2D eigenvalue weighted by Crippen LogP contribution is 2.13. The first-order valence-electron chi connectivity index (χ1n) is 11.5. The molecule has 0 radical (unpaired) electrons. The van der Waals surface area contributed by atoms with Crippen molar-refractivity contribution in [3.63, 3.8) is 0 Å². The molecule has 0 saturated carbocycles. The van der Waals surface area contributed by atoms with Crippen LogP contribution in [0.1, 0.15) is 71.1 Å². The van der Waals surface area contributed by atoms with E-state index in [1.807, 2.05) is 6.92 Å². The zero-order valence-electron chi connectivity index (χ0n) is 19.3. The Morgan fingerprint density at radius 2 is 1.65 bits per heavy atom. The van der Waals surface area contributed by atoms with E-state index in [1.54, 1.807) is 0 Å². The quantitative estimate of drug-likeness (QED) is 0.141. The van der Waals surface area contributed by atoms with Gasteiger partial charge in [-0.1, -0.05) is 17.9 Å². The summed E-state index contributed by atoms with van der Waals surface area (Å²) in [4.78, 5) is 73.2. The molecular formula is C21H32N4O9. The first kappa shape index (κ1) is 26.9. The van der Waals surface area contributed by atoms with Gasteiger partial charge in [-0.25, -0.2) is 9.59 Å². The van der Waals surface area contributed by atoms with Crippen molar-refractivity contribution in [2.24, 2.45) is 0 Å². The molecule has 0 aromatic rings. The minimum absolute atomic E-state index is 0.0256. The van der Waals surface area contributed by atoms with Gasteiger partial charge >= 0.3 is 18.2 Å². The van der Waals surface area contributed by atoms with E-state index in [-0.39, 0.29) is 43.3 Å². The lowest BCUT2D eigenvalue weighted by molar-refractivity contribution is -0.182. The van der Waals surface area contributed by atoms with Crippen LogP contribution in [-0.2, 0) is 33.5 Å². The van der Waals surface area contributed by atoms with Crippen LogP contribution in [-0.4, -0.2) is 66.4 Å². The molecule has 0 bridgehead atoms. The Balaban J connectivity index is 1.39.